The number of phosphoric acid groups is 2. The number of nitrogens with two attached hydrogens (primary N) is 1. The number of nitrogens with zero attached hydrogens (tertiary/aromatic N) is 2. The summed E-state index contributed by atoms with van der Waals surface area (Å²) in [5.41, 5.74) is 4.63. The molecular weight excluding hydrogens is 443 g/mol. The Morgan fingerprint density at radius 2 is 1.85 bits per heavy atom. The predicted molar refractivity (Wildman–Crippen MR) is 78.9 cm³/mol. The van der Waals surface area contributed by atoms with Crippen LogP contribution in [0.2, 0.25) is 0 Å². The molecular formula is C9H16KN3O12P2. The maximum absolute atomic E-state index is 11.5. The van der Waals surface area contributed by atoms with Crippen molar-refractivity contribution in [3.63, 3.8) is 0 Å². The standard InChI is InChI=1S/C9H13N3O5.K.H4O7P2/c10-5-1-2-12(9(16)11-5)8-7(15)6(14)4(3-13)17-8;;1-8(2,3)7-9(4,5)6/h1-2,4,6-8,13-15H,3H2,(H2,10,11,16);;(H2,1,2,3)(H2,4,5,6)/q;+1;/p-1/t4-,6-,7-,8-;;/m1../s1. The van der Waals surface area contributed by atoms with Crippen molar-refractivity contribution in [2.24, 2.45) is 0 Å². The molecule has 0 aromatic carbocycles. The number of hydrogen-bond acceptors (Lipinski definition) is 11. The van der Waals surface area contributed by atoms with Gasteiger partial charge in [0.15, 0.2) is 6.23 Å². The molecule has 8 N–H and O–H groups in total. The van der Waals surface area contributed by atoms with Gasteiger partial charge >= 0.3 is 64.9 Å². The van der Waals surface area contributed by atoms with Crippen molar-refractivity contribution in [3.8, 4) is 0 Å². The van der Waals surface area contributed by atoms with Crippen molar-refractivity contribution >= 4 is 21.5 Å². The molecule has 1 saturated heterocycles. The molecule has 18 heteroatoms. The summed E-state index contributed by atoms with van der Waals surface area (Å²) in [5.74, 6) is 0.0537. The van der Waals surface area contributed by atoms with Gasteiger partial charge in [-0.2, -0.15) is 4.98 Å². The zero-order chi connectivity index (χ0) is 20.3. The number of nitrogen functional groups attached to an aromatic ring is 1. The fraction of sp³-hybridized carbons (Fsp3) is 0.556. The fourth-order valence-corrected chi connectivity index (χ4v) is 2.94. The van der Waals surface area contributed by atoms with Gasteiger partial charge in [0.25, 0.3) is 7.82 Å². The normalized spacial score (nSPS) is 27.1. The van der Waals surface area contributed by atoms with Gasteiger partial charge in [0, 0.05) is 6.20 Å². The predicted octanol–water partition coefficient (Wildman–Crippen LogP) is -7.00. The molecule has 2 rings (SSSR count). The molecule has 150 valence electrons. The van der Waals surface area contributed by atoms with Crippen molar-refractivity contribution in [1.82, 2.24) is 9.55 Å². The van der Waals surface area contributed by atoms with Gasteiger partial charge < -0.3 is 45.4 Å². The molecule has 27 heavy (non-hydrogen) atoms. The molecule has 1 aliphatic rings. The fourth-order valence-electron chi connectivity index (χ4n) is 1.86. The number of aliphatic hydroxyl groups excluding tert-OH is 3. The second-order valence-electron chi connectivity index (χ2n) is 4.81. The van der Waals surface area contributed by atoms with Gasteiger partial charge in [-0.15, -0.1) is 0 Å². The second-order valence-corrected chi connectivity index (χ2v) is 7.38. The molecule has 0 aliphatic carbocycles. The van der Waals surface area contributed by atoms with E-state index in [4.69, 9.17) is 30.3 Å². The van der Waals surface area contributed by atoms with Crippen LogP contribution in [0, 0.1) is 0 Å². The van der Waals surface area contributed by atoms with Gasteiger partial charge in [-0.25, -0.2) is 13.7 Å². The Kier molecular flexibility index (Phi) is 11.2. The zero-order valence-electron chi connectivity index (χ0n) is 13.7. The van der Waals surface area contributed by atoms with Crippen LogP contribution in [0.1, 0.15) is 6.23 Å². The van der Waals surface area contributed by atoms with E-state index in [-0.39, 0.29) is 57.2 Å². The molecule has 15 nitrogen and oxygen atoms in total. The molecule has 0 radical (unpaired) electrons. The molecule has 1 aromatic heterocycles. The Labute approximate surface area is 193 Å². The minimum atomic E-state index is -5.30. The molecule has 0 amide bonds. The molecule has 0 spiro atoms. The van der Waals surface area contributed by atoms with E-state index in [0.29, 0.717) is 0 Å². The Balaban J connectivity index is 0.000000584. The third-order valence-corrected chi connectivity index (χ3v) is 4.53. The van der Waals surface area contributed by atoms with Crippen LogP contribution in [0.3, 0.4) is 0 Å². The van der Waals surface area contributed by atoms with E-state index in [1.54, 1.807) is 0 Å². The third kappa shape index (κ3) is 9.18. The number of rotatable bonds is 4. The van der Waals surface area contributed by atoms with Gasteiger partial charge in [-0.1, -0.05) is 0 Å². The largest absolute Gasteiger partial charge is 1.00 e. The van der Waals surface area contributed by atoms with Crippen molar-refractivity contribution in [2.75, 3.05) is 12.3 Å². The van der Waals surface area contributed by atoms with Crippen molar-refractivity contribution in [1.29, 1.82) is 0 Å². The van der Waals surface area contributed by atoms with E-state index in [2.05, 4.69) is 9.29 Å². The quantitative estimate of drug-likeness (QED) is 0.163. The molecule has 2 heterocycles. The third-order valence-electron chi connectivity index (χ3n) is 2.85. The van der Waals surface area contributed by atoms with E-state index in [1.807, 2.05) is 0 Å². The number of ether oxygens (including phenoxy) is 1. The van der Waals surface area contributed by atoms with E-state index in [1.165, 1.54) is 12.3 Å². The van der Waals surface area contributed by atoms with Crippen molar-refractivity contribution in [2.45, 2.75) is 24.5 Å². The summed E-state index contributed by atoms with van der Waals surface area (Å²) in [7, 11) is -10.4. The summed E-state index contributed by atoms with van der Waals surface area (Å²) >= 11 is 0. The van der Waals surface area contributed by atoms with Crippen LogP contribution in [0.4, 0.5) is 5.82 Å². The first-order valence-electron chi connectivity index (χ1n) is 6.53. The van der Waals surface area contributed by atoms with E-state index in [0.717, 1.165) is 4.57 Å². The summed E-state index contributed by atoms with van der Waals surface area (Å²) in [6, 6.07) is 1.37. The van der Waals surface area contributed by atoms with Crippen LogP contribution in [-0.2, 0) is 18.2 Å². The van der Waals surface area contributed by atoms with E-state index in [9.17, 15) is 29.0 Å². The molecule has 1 aromatic rings. The average Bonchev–Trinajstić information content (AvgIpc) is 2.72. The van der Waals surface area contributed by atoms with Crippen LogP contribution >= 0.6 is 15.6 Å². The molecule has 5 atom stereocenters. The monoisotopic (exact) mass is 459 g/mol. The molecule has 1 fully saturated rings. The summed E-state index contributed by atoms with van der Waals surface area (Å²) in [4.78, 5) is 47.6. The molecule has 1 aliphatic heterocycles. The molecule has 0 bridgehead atoms. The van der Waals surface area contributed by atoms with Crippen molar-refractivity contribution < 1.29 is 104 Å². The average molecular weight is 459 g/mol. The van der Waals surface area contributed by atoms with Gasteiger partial charge in [0.2, 0.25) is 0 Å². The van der Waals surface area contributed by atoms with Gasteiger partial charge in [0.1, 0.15) is 24.1 Å². The number of aromatic nitrogens is 2. The Morgan fingerprint density at radius 1 is 1.30 bits per heavy atom. The number of anilines is 1. The topological polar surface area (TPSA) is 258 Å². The maximum Gasteiger partial charge on any atom is 1.00 e. The summed E-state index contributed by atoms with van der Waals surface area (Å²) in [5, 5.41) is 28.2. The zero-order valence-corrected chi connectivity index (χ0v) is 18.6. The van der Waals surface area contributed by atoms with Crippen LogP contribution in [0.25, 0.3) is 0 Å². The minimum Gasteiger partial charge on any atom is -0.756 e. The number of hydrogen-bond donors (Lipinski definition) is 7. The second kappa shape index (κ2) is 11.0. The molecule has 0 saturated carbocycles. The van der Waals surface area contributed by atoms with Gasteiger partial charge in [0.05, 0.1) is 6.61 Å². The van der Waals surface area contributed by atoms with Crippen LogP contribution < -0.4 is 67.7 Å². The summed E-state index contributed by atoms with van der Waals surface area (Å²) < 4.78 is 28.1. The Bertz CT molecular complexity index is 745. The minimum absolute atomic E-state index is 0. The van der Waals surface area contributed by atoms with Gasteiger partial charge in [-0.3, -0.25) is 9.13 Å². The maximum atomic E-state index is 11.5. The van der Waals surface area contributed by atoms with E-state index >= 15 is 0 Å². The Morgan fingerprint density at radius 3 is 2.19 bits per heavy atom. The first kappa shape index (κ1) is 27.4. The SMILES string of the molecule is Nc1ccn([C@@H]2O[C@H](CO)[C@@H](O)[C@H]2O)c(=O)n1.O=P([O-])(O)OP(=O)(O)O.[K+]. The van der Waals surface area contributed by atoms with Crippen LogP contribution in [0.15, 0.2) is 17.1 Å². The Hall–Kier alpha value is 0.416. The smallest absolute Gasteiger partial charge is 0.756 e. The first-order valence-corrected chi connectivity index (χ1v) is 9.55. The first-order chi connectivity index (χ1) is 11.7. The number of aliphatic hydroxyl groups is 3. The van der Waals surface area contributed by atoms with Crippen molar-refractivity contribution in [3.05, 3.63) is 22.7 Å². The molecule has 1 unspecified atom stereocenters. The van der Waals surface area contributed by atoms with E-state index < -0.39 is 52.5 Å². The summed E-state index contributed by atoms with van der Waals surface area (Å²) in [6.45, 7) is -0.453. The summed E-state index contributed by atoms with van der Waals surface area (Å²) in [6.07, 6.45) is -3.27. The van der Waals surface area contributed by atoms with Gasteiger partial charge in [-0.05, 0) is 6.07 Å². The van der Waals surface area contributed by atoms with Crippen LogP contribution in [-0.4, -0.2) is 64.5 Å². The van der Waals surface area contributed by atoms with Crippen LogP contribution in [0.5, 0.6) is 0 Å².